The molecule has 0 bridgehead atoms. The van der Waals surface area contributed by atoms with Gasteiger partial charge in [0.05, 0.1) is 11.4 Å². The van der Waals surface area contributed by atoms with Gasteiger partial charge in [-0.1, -0.05) is 42.5 Å². The number of hydrogen-bond donors (Lipinski definition) is 0. The van der Waals surface area contributed by atoms with Crippen molar-refractivity contribution in [3.63, 3.8) is 0 Å². The molecule has 1 aliphatic rings. The molecule has 84 valence electrons. The van der Waals surface area contributed by atoms with Crippen molar-refractivity contribution in [2.45, 2.75) is 19.3 Å². The van der Waals surface area contributed by atoms with E-state index in [9.17, 15) is 0 Å². The number of hydrogen-bond acceptors (Lipinski definition) is 3. The lowest BCUT2D eigenvalue weighted by molar-refractivity contribution is 0.708. The van der Waals surface area contributed by atoms with Crippen molar-refractivity contribution in [3.8, 4) is 11.3 Å². The minimum Gasteiger partial charge on any atom is -0.217 e. The Hall–Kier alpha value is -1.68. The average Bonchev–Trinajstić information content (AvgIpc) is 2.91. The van der Waals surface area contributed by atoms with Gasteiger partial charge in [-0.25, -0.2) is 9.50 Å². The Balaban J connectivity index is 2.10. The highest BCUT2D eigenvalue weighted by atomic mass is 32.1. The second-order valence-electron chi connectivity index (χ2n) is 4.53. The van der Waals surface area contributed by atoms with Crippen molar-refractivity contribution in [2.75, 3.05) is 0 Å². The first-order valence-corrected chi connectivity index (χ1v) is 6.63. The van der Waals surface area contributed by atoms with Crippen LogP contribution in [0.3, 0.4) is 0 Å². The van der Waals surface area contributed by atoms with Crippen LogP contribution in [0, 0.1) is 0 Å². The van der Waals surface area contributed by atoms with Gasteiger partial charge in [-0.3, -0.25) is 0 Å². The minimum atomic E-state index is 0.542. The van der Waals surface area contributed by atoms with Gasteiger partial charge in [-0.15, -0.1) is 0 Å². The van der Waals surface area contributed by atoms with Gasteiger partial charge < -0.3 is 0 Å². The van der Waals surface area contributed by atoms with Crippen LogP contribution in [0.4, 0.5) is 0 Å². The Labute approximate surface area is 103 Å². The second-order valence-corrected chi connectivity index (χ2v) is 5.34. The molecule has 4 rings (SSSR count). The Bertz CT molecular complexity index is 710. The van der Waals surface area contributed by atoms with E-state index in [1.54, 1.807) is 11.3 Å². The summed E-state index contributed by atoms with van der Waals surface area (Å²) in [7, 11) is 0. The molecule has 1 unspecified atom stereocenters. The lowest BCUT2D eigenvalue weighted by Gasteiger charge is -2.21. The van der Waals surface area contributed by atoms with Crippen molar-refractivity contribution in [3.05, 3.63) is 41.0 Å². The van der Waals surface area contributed by atoms with Gasteiger partial charge in [0.2, 0.25) is 4.96 Å². The molecule has 3 aromatic rings. The maximum Gasteiger partial charge on any atom is 0.212 e. The summed E-state index contributed by atoms with van der Waals surface area (Å²) < 4.78 is 1.99. The number of fused-ring (bicyclic) bond motifs is 5. The second kappa shape index (κ2) is 3.17. The first-order valence-electron chi connectivity index (χ1n) is 5.75. The van der Waals surface area contributed by atoms with E-state index in [0.29, 0.717) is 5.92 Å². The van der Waals surface area contributed by atoms with Crippen LogP contribution in [0.2, 0.25) is 0 Å². The fraction of sp³-hybridized carbons (Fsp3) is 0.231. The Morgan fingerprint density at radius 1 is 1.35 bits per heavy atom. The van der Waals surface area contributed by atoms with Gasteiger partial charge in [-0.05, 0) is 17.9 Å². The van der Waals surface area contributed by atoms with E-state index >= 15 is 0 Å². The van der Waals surface area contributed by atoms with Gasteiger partial charge >= 0.3 is 0 Å². The smallest absolute Gasteiger partial charge is 0.212 e. The average molecular weight is 241 g/mol. The highest BCUT2D eigenvalue weighted by Crippen LogP contribution is 2.39. The zero-order valence-electron chi connectivity index (χ0n) is 9.42. The van der Waals surface area contributed by atoms with Crippen molar-refractivity contribution >= 4 is 16.3 Å². The summed E-state index contributed by atoms with van der Waals surface area (Å²) in [5, 5.41) is 4.37. The Kier molecular flexibility index (Phi) is 1.74. The molecule has 0 aliphatic heterocycles. The van der Waals surface area contributed by atoms with Crippen molar-refractivity contribution in [1.82, 2.24) is 14.6 Å². The van der Waals surface area contributed by atoms with Crippen LogP contribution in [-0.2, 0) is 6.42 Å². The van der Waals surface area contributed by atoms with Gasteiger partial charge in [0.15, 0.2) is 0 Å². The number of aromatic nitrogens is 3. The lowest BCUT2D eigenvalue weighted by atomic mass is 9.85. The molecule has 17 heavy (non-hydrogen) atoms. The monoisotopic (exact) mass is 241 g/mol. The zero-order chi connectivity index (χ0) is 11.4. The standard InChI is InChI=1S/C13H11N3S/c1-8-6-11-12(10-5-3-2-4-9(8)10)15-13-16(11)14-7-17-13/h2-5,7-8H,6H2,1H3. The number of nitrogens with zero attached hydrogens (tertiary/aromatic N) is 3. The van der Waals surface area contributed by atoms with Crippen LogP contribution in [-0.4, -0.2) is 14.6 Å². The van der Waals surface area contributed by atoms with Crippen LogP contribution in [0.5, 0.6) is 0 Å². The molecule has 1 aromatic carbocycles. The highest BCUT2D eigenvalue weighted by molar-refractivity contribution is 7.14. The van der Waals surface area contributed by atoms with E-state index in [4.69, 9.17) is 4.98 Å². The van der Waals surface area contributed by atoms with E-state index in [1.165, 1.54) is 16.8 Å². The van der Waals surface area contributed by atoms with Crippen LogP contribution in [0.25, 0.3) is 16.2 Å². The molecule has 0 radical (unpaired) electrons. The fourth-order valence-corrected chi connectivity index (χ4v) is 3.31. The largest absolute Gasteiger partial charge is 0.217 e. The number of imidazole rings is 1. The quantitative estimate of drug-likeness (QED) is 0.605. The van der Waals surface area contributed by atoms with Crippen LogP contribution < -0.4 is 0 Å². The topological polar surface area (TPSA) is 30.2 Å². The van der Waals surface area contributed by atoms with Crippen molar-refractivity contribution in [1.29, 1.82) is 0 Å². The molecule has 0 saturated carbocycles. The fourth-order valence-electron chi connectivity index (χ4n) is 2.68. The van der Waals surface area contributed by atoms with E-state index in [0.717, 1.165) is 17.1 Å². The molecule has 3 nitrogen and oxygen atoms in total. The molecule has 0 saturated heterocycles. The summed E-state index contributed by atoms with van der Waals surface area (Å²) in [6.45, 7) is 2.27. The third-order valence-electron chi connectivity index (χ3n) is 3.48. The zero-order valence-corrected chi connectivity index (χ0v) is 10.2. The number of benzene rings is 1. The molecule has 2 heterocycles. The molecule has 4 heteroatoms. The van der Waals surface area contributed by atoms with Gasteiger partial charge in [0.1, 0.15) is 5.51 Å². The predicted octanol–water partition coefficient (Wildman–Crippen LogP) is 3.12. The lowest BCUT2D eigenvalue weighted by Crippen LogP contribution is -2.10. The third kappa shape index (κ3) is 1.16. The van der Waals surface area contributed by atoms with E-state index in [-0.39, 0.29) is 0 Å². The minimum absolute atomic E-state index is 0.542. The summed E-state index contributed by atoms with van der Waals surface area (Å²) in [6, 6.07) is 8.57. The molecule has 1 atom stereocenters. The molecule has 2 aromatic heterocycles. The molecule has 0 N–H and O–H groups in total. The molecule has 0 amide bonds. The Morgan fingerprint density at radius 2 is 2.24 bits per heavy atom. The SMILES string of the molecule is CC1Cc2c(nc3scnn23)-c2ccccc21. The first-order chi connectivity index (χ1) is 8.34. The van der Waals surface area contributed by atoms with Crippen LogP contribution in [0.1, 0.15) is 24.1 Å². The van der Waals surface area contributed by atoms with Crippen LogP contribution >= 0.6 is 11.3 Å². The molecule has 0 spiro atoms. The van der Waals surface area contributed by atoms with E-state index in [2.05, 4.69) is 36.3 Å². The van der Waals surface area contributed by atoms with Crippen molar-refractivity contribution < 1.29 is 0 Å². The summed E-state index contributed by atoms with van der Waals surface area (Å²) >= 11 is 1.60. The summed E-state index contributed by atoms with van der Waals surface area (Å²) in [4.78, 5) is 5.71. The molecule has 1 aliphatic carbocycles. The number of rotatable bonds is 0. The van der Waals surface area contributed by atoms with E-state index in [1.807, 2.05) is 10.0 Å². The maximum absolute atomic E-state index is 4.71. The Morgan fingerprint density at radius 3 is 3.18 bits per heavy atom. The third-order valence-corrected chi connectivity index (χ3v) is 4.16. The van der Waals surface area contributed by atoms with Crippen molar-refractivity contribution in [2.24, 2.45) is 0 Å². The van der Waals surface area contributed by atoms with Gasteiger partial charge in [0.25, 0.3) is 0 Å². The summed E-state index contributed by atoms with van der Waals surface area (Å²) in [5.41, 5.74) is 6.92. The van der Waals surface area contributed by atoms with Gasteiger partial charge in [-0.2, -0.15) is 5.10 Å². The normalized spacial score (nSPS) is 18.1. The maximum atomic E-state index is 4.71. The molecular formula is C13H11N3S. The molecule has 0 fully saturated rings. The molecular weight excluding hydrogens is 230 g/mol. The van der Waals surface area contributed by atoms with Crippen LogP contribution in [0.15, 0.2) is 29.8 Å². The summed E-state index contributed by atoms with van der Waals surface area (Å²) in [5.74, 6) is 0.542. The summed E-state index contributed by atoms with van der Waals surface area (Å²) in [6.07, 6.45) is 1.03. The first kappa shape index (κ1) is 9.36. The van der Waals surface area contributed by atoms with Gasteiger partial charge in [0, 0.05) is 5.56 Å². The van der Waals surface area contributed by atoms with E-state index < -0.39 is 0 Å². The predicted molar refractivity (Wildman–Crippen MR) is 68.4 cm³/mol. The highest BCUT2D eigenvalue weighted by Gasteiger charge is 2.26.